The number of hydrogen-bond acceptors (Lipinski definition) is 1. The van der Waals surface area contributed by atoms with Crippen LogP contribution >= 0.6 is 23.2 Å². The number of benzene rings is 2. The van der Waals surface area contributed by atoms with Crippen molar-refractivity contribution >= 4 is 28.9 Å². The first-order valence-corrected chi connectivity index (χ1v) is 5.95. The molecule has 0 aliphatic rings. The highest BCUT2D eigenvalue weighted by molar-refractivity contribution is 6.33. The van der Waals surface area contributed by atoms with E-state index >= 15 is 0 Å². The van der Waals surface area contributed by atoms with Crippen molar-refractivity contribution < 1.29 is 8.78 Å². The van der Waals surface area contributed by atoms with Gasteiger partial charge in [0.05, 0.1) is 10.7 Å². The molecule has 1 nitrogen and oxygen atoms in total. The second kappa shape index (κ2) is 5.55. The summed E-state index contributed by atoms with van der Waals surface area (Å²) in [7, 11) is 0. The van der Waals surface area contributed by atoms with Gasteiger partial charge in [-0.05, 0) is 30.3 Å². The Balaban J connectivity index is 2.16. The van der Waals surface area contributed by atoms with Gasteiger partial charge < -0.3 is 5.32 Å². The number of anilines is 1. The van der Waals surface area contributed by atoms with Crippen LogP contribution in [0.4, 0.5) is 14.5 Å². The van der Waals surface area contributed by atoms with Crippen molar-refractivity contribution in [2.75, 3.05) is 5.32 Å². The van der Waals surface area contributed by atoms with Gasteiger partial charge in [0, 0.05) is 17.1 Å². The summed E-state index contributed by atoms with van der Waals surface area (Å²) in [6, 6.07) is 8.42. The first kappa shape index (κ1) is 13.1. The van der Waals surface area contributed by atoms with E-state index in [1.807, 2.05) is 0 Å². The fourth-order valence-corrected chi connectivity index (χ4v) is 1.98. The molecule has 2 rings (SSSR count). The van der Waals surface area contributed by atoms with Crippen LogP contribution in [0.5, 0.6) is 0 Å². The van der Waals surface area contributed by atoms with Gasteiger partial charge in [-0.25, -0.2) is 8.78 Å². The SMILES string of the molecule is Fc1ccc(NCc2c(F)cccc2Cl)c(Cl)c1. The van der Waals surface area contributed by atoms with E-state index in [1.54, 1.807) is 6.07 Å². The molecule has 0 spiro atoms. The number of rotatable bonds is 3. The van der Waals surface area contributed by atoms with Crippen molar-refractivity contribution in [2.24, 2.45) is 0 Å². The Bertz CT molecular complexity index is 553. The molecule has 18 heavy (non-hydrogen) atoms. The zero-order chi connectivity index (χ0) is 13.1. The molecule has 0 aromatic heterocycles. The number of hydrogen-bond donors (Lipinski definition) is 1. The van der Waals surface area contributed by atoms with Gasteiger partial charge in [0.2, 0.25) is 0 Å². The zero-order valence-corrected chi connectivity index (χ0v) is 10.7. The predicted molar refractivity (Wildman–Crippen MR) is 70.1 cm³/mol. The summed E-state index contributed by atoms with van der Waals surface area (Å²) < 4.78 is 26.3. The van der Waals surface area contributed by atoms with Crippen LogP contribution in [0.25, 0.3) is 0 Å². The molecule has 0 amide bonds. The highest BCUT2D eigenvalue weighted by atomic mass is 35.5. The standard InChI is InChI=1S/C13H9Cl2F2N/c14-10-2-1-3-12(17)9(10)7-18-13-5-4-8(16)6-11(13)15/h1-6,18H,7H2. The van der Waals surface area contributed by atoms with Crippen LogP contribution < -0.4 is 5.32 Å². The molecule has 2 aromatic rings. The van der Waals surface area contributed by atoms with E-state index in [0.717, 1.165) is 0 Å². The Hall–Kier alpha value is -1.32. The van der Waals surface area contributed by atoms with Gasteiger partial charge in [0.1, 0.15) is 11.6 Å². The Morgan fingerprint density at radius 3 is 2.44 bits per heavy atom. The van der Waals surface area contributed by atoms with E-state index in [-0.39, 0.29) is 11.6 Å². The van der Waals surface area contributed by atoms with Crippen LogP contribution in [0.1, 0.15) is 5.56 Å². The molecule has 0 heterocycles. The van der Waals surface area contributed by atoms with Gasteiger partial charge >= 0.3 is 0 Å². The maximum atomic E-state index is 13.5. The fourth-order valence-electron chi connectivity index (χ4n) is 1.52. The molecule has 0 fully saturated rings. The first-order valence-electron chi connectivity index (χ1n) is 5.20. The highest BCUT2D eigenvalue weighted by Crippen LogP contribution is 2.25. The average Bonchev–Trinajstić information content (AvgIpc) is 2.31. The van der Waals surface area contributed by atoms with Gasteiger partial charge in [-0.3, -0.25) is 0 Å². The minimum absolute atomic E-state index is 0.177. The molecule has 0 saturated heterocycles. The molecule has 1 N–H and O–H groups in total. The van der Waals surface area contributed by atoms with E-state index in [1.165, 1.54) is 30.3 Å². The van der Waals surface area contributed by atoms with Crippen LogP contribution in [-0.2, 0) is 6.54 Å². The maximum absolute atomic E-state index is 13.5. The fraction of sp³-hybridized carbons (Fsp3) is 0.0769. The molecule has 0 aliphatic heterocycles. The van der Waals surface area contributed by atoms with Crippen LogP contribution in [0, 0.1) is 11.6 Å². The first-order chi connectivity index (χ1) is 8.58. The van der Waals surface area contributed by atoms with Gasteiger partial charge in [-0.15, -0.1) is 0 Å². The second-order valence-corrected chi connectivity index (χ2v) is 4.49. The molecule has 0 saturated carbocycles. The van der Waals surface area contributed by atoms with Crippen molar-refractivity contribution in [2.45, 2.75) is 6.54 Å². The third-order valence-electron chi connectivity index (χ3n) is 2.45. The topological polar surface area (TPSA) is 12.0 Å². The third-order valence-corrected chi connectivity index (χ3v) is 3.12. The third kappa shape index (κ3) is 2.92. The molecule has 0 aliphatic carbocycles. The van der Waals surface area contributed by atoms with E-state index in [4.69, 9.17) is 23.2 Å². The monoisotopic (exact) mass is 287 g/mol. The Kier molecular flexibility index (Phi) is 4.04. The smallest absolute Gasteiger partial charge is 0.129 e. The Morgan fingerprint density at radius 1 is 1.00 bits per heavy atom. The van der Waals surface area contributed by atoms with Crippen molar-refractivity contribution in [1.29, 1.82) is 0 Å². The normalized spacial score (nSPS) is 10.4. The van der Waals surface area contributed by atoms with E-state index < -0.39 is 11.6 Å². The molecule has 94 valence electrons. The second-order valence-electron chi connectivity index (χ2n) is 3.68. The molecule has 0 bridgehead atoms. The lowest BCUT2D eigenvalue weighted by molar-refractivity contribution is 0.613. The maximum Gasteiger partial charge on any atom is 0.129 e. The minimum Gasteiger partial charge on any atom is -0.380 e. The quantitative estimate of drug-likeness (QED) is 0.848. The molecular weight excluding hydrogens is 279 g/mol. The minimum atomic E-state index is -0.422. The summed E-state index contributed by atoms with van der Waals surface area (Å²) in [5, 5.41) is 3.49. The van der Waals surface area contributed by atoms with Crippen molar-refractivity contribution in [3.63, 3.8) is 0 Å². The van der Waals surface area contributed by atoms with Crippen LogP contribution in [0.2, 0.25) is 10.0 Å². The van der Waals surface area contributed by atoms with Crippen molar-refractivity contribution in [3.05, 3.63) is 63.6 Å². The van der Waals surface area contributed by atoms with Gasteiger partial charge in [0.25, 0.3) is 0 Å². The Labute approximate surface area is 113 Å². The summed E-state index contributed by atoms with van der Waals surface area (Å²) in [4.78, 5) is 0. The molecule has 0 radical (unpaired) electrons. The van der Waals surface area contributed by atoms with Crippen molar-refractivity contribution in [1.82, 2.24) is 0 Å². The summed E-state index contributed by atoms with van der Waals surface area (Å²) in [6.45, 7) is 0.177. The molecule has 5 heteroatoms. The molecule has 0 unspecified atom stereocenters. The van der Waals surface area contributed by atoms with E-state index in [9.17, 15) is 8.78 Å². The largest absolute Gasteiger partial charge is 0.380 e. The lowest BCUT2D eigenvalue weighted by Crippen LogP contribution is -2.03. The summed E-state index contributed by atoms with van der Waals surface area (Å²) in [5.41, 5.74) is 0.872. The van der Waals surface area contributed by atoms with Gasteiger partial charge in [-0.1, -0.05) is 29.3 Å². The average molecular weight is 288 g/mol. The zero-order valence-electron chi connectivity index (χ0n) is 9.18. The molecular formula is C13H9Cl2F2N. The number of halogens is 4. The van der Waals surface area contributed by atoms with Gasteiger partial charge in [0.15, 0.2) is 0 Å². The van der Waals surface area contributed by atoms with Gasteiger partial charge in [-0.2, -0.15) is 0 Å². The predicted octanol–water partition coefficient (Wildman–Crippen LogP) is 4.88. The van der Waals surface area contributed by atoms with Crippen molar-refractivity contribution in [3.8, 4) is 0 Å². The van der Waals surface area contributed by atoms with Crippen LogP contribution in [-0.4, -0.2) is 0 Å². The summed E-state index contributed by atoms with van der Waals surface area (Å²) in [5.74, 6) is -0.817. The lowest BCUT2D eigenvalue weighted by Gasteiger charge is -2.10. The summed E-state index contributed by atoms with van der Waals surface area (Å²) in [6.07, 6.45) is 0. The van der Waals surface area contributed by atoms with E-state index in [2.05, 4.69) is 5.32 Å². The lowest BCUT2D eigenvalue weighted by atomic mass is 10.2. The van der Waals surface area contributed by atoms with Crippen LogP contribution in [0.3, 0.4) is 0 Å². The molecule has 2 aromatic carbocycles. The molecule has 0 atom stereocenters. The van der Waals surface area contributed by atoms with E-state index in [0.29, 0.717) is 16.3 Å². The highest BCUT2D eigenvalue weighted by Gasteiger charge is 2.08. The van der Waals surface area contributed by atoms with Crippen LogP contribution in [0.15, 0.2) is 36.4 Å². The summed E-state index contributed by atoms with van der Waals surface area (Å²) >= 11 is 11.7. The Morgan fingerprint density at radius 2 is 1.78 bits per heavy atom. The number of nitrogens with one attached hydrogen (secondary N) is 1.